The summed E-state index contributed by atoms with van der Waals surface area (Å²) in [5.41, 5.74) is 0. The predicted molar refractivity (Wildman–Crippen MR) is 80.8 cm³/mol. The first-order chi connectivity index (χ1) is 10.1. The lowest BCUT2D eigenvalue weighted by Crippen LogP contribution is -2.63. The first-order valence-electron chi connectivity index (χ1n) is 7.68. The molecule has 0 spiro atoms. The van der Waals surface area contributed by atoms with Crippen LogP contribution in [-0.4, -0.2) is 33.8 Å². The van der Waals surface area contributed by atoms with Crippen LogP contribution < -0.4 is 5.32 Å². The summed E-state index contributed by atoms with van der Waals surface area (Å²) < 4.78 is 0. The van der Waals surface area contributed by atoms with Crippen LogP contribution in [0.25, 0.3) is 0 Å². The molecule has 2 aliphatic rings. The molecule has 0 aromatic carbocycles. The highest BCUT2D eigenvalue weighted by atomic mass is 32.1. The van der Waals surface area contributed by atoms with E-state index in [1.807, 2.05) is 13.1 Å². The number of hydrogen-bond acceptors (Lipinski definition) is 4. The van der Waals surface area contributed by atoms with Gasteiger partial charge in [0.15, 0.2) is 0 Å². The molecule has 0 radical (unpaired) electrons. The van der Waals surface area contributed by atoms with Crippen LogP contribution >= 0.6 is 11.3 Å². The van der Waals surface area contributed by atoms with Crippen molar-refractivity contribution in [2.75, 3.05) is 0 Å². The summed E-state index contributed by atoms with van der Waals surface area (Å²) >= 11 is 1.63. The quantitative estimate of drug-likeness (QED) is 0.901. The molecule has 1 aromatic rings. The van der Waals surface area contributed by atoms with Gasteiger partial charge in [0.1, 0.15) is 17.1 Å². The smallest absolute Gasteiger partial charge is 0.246 e. The molecule has 1 N–H and O–H groups in total. The zero-order valence-electron chi connectivity index (χ0n) is 12.5. The second kappa shape index (κ2) is 5.75. The summed E-state index contributed by atoms with van der Waals surface area (Å²) in [4.78, 5) is 32.3. The van der Waals surface area contributed by atoms with Crippen molar-refractivity contribution in [2.24, 2.45) is 5.92 Å². The molecule has 114 valence electrons. The van der Waals surface area contributed by atoms with E-state index in [0.29, 0.717) is 18.9 Å². The first-order valence-corrected chi connectivity index (χ1v) is 8.50. The summed E-state index contributed by atoms with van der Waals surface area (Å²) in [5, 5.41) is 3.83. The minimum atomic E-state index is -0.360. The molecule has 21 heavy (non-hydrogen) atoms. The van der Waals surface area contributed by atoms with Gasteiger partial charge in [-0.05, 0) is 31.6 Å². The number of nitrogens with one attached hydrogen (secondary N) is 1. The van der Waals surface area contributed by atoms with Crippen molar-refractivity contribution in [1.82, 2.24) is 15.2 Å². The van der Waals surface area contributed by atoms with Gasteiger partial charge in [0.25, 0.3) is 0 Å². The largest absolute Gasteiger partial charge is 0.342 e. The number of amides is 2. The summed E-state index contributed by atoms with van der Waals surface area (Å²) in [6.45, 7) is 4.49. The Morgan fingerprint density at radius 3 is 2.71 bits per heavy atom. The fraction of sp³-hybridized carbons (Fsp3) is 0.667. The van der Waals surface area contributed by atoms with Crippen LogP contribution in [0, 0.1) is 5.92 Å². The van der Waals surface area contributed by atoms with E-state index in [4.69, 9.17) is 0 Å². The standard InChI is InChI=1S/C15H21N3O2S/c1-3-10-7-16-12(21-10)8-18-11(4-2)14(19)17-13(15(18)20)9-5-6-9/h7,9,11,13H,3-6,8H2,1-2H3,(H,17,19). The summed E-state index contributed by atoms with van der Waals surface area (Å²) in [7, 11) is 0. The van der Waals surface area contributed by atoms with Crippen molar-refractivity contribution in [3.8, 4) is 0 Å². The van der Waals surface area contributed by atoms with Crippen molar-refractivity contribution in [1.29, 1.82) is 0 Å². The van der Waals surface area contributed by atoms with E-state index in [1.165, 1.54) is 4.88 Å². The highest BCUT2D eigenvalue weighted by molar-refractivity contribution is 7.11. The van der Waals surface area contributed by atoms with Gasteiger partial charge < -0.3 is 10.2 Å². The van der Waals surface area contributed by atoms with Crippen LogP contribution in [0.3, 0.4) is 0 Å². The maximum atomic E-state index is 12.7. The third-order valence-electron chi connectivity index (χ3n) is 4.26. The zero-order valence-corrected chi connectivity index (χ0v) is 13.3. The van der Waals surface area contributed by atoms with Gasteiger partial charge in [-0.2, -0.15) is 0 Å². The van der Waals surface area contributed by atoms with Crippen LogP contribution in [0.4, 0.5) is 0 Å². The lowest BCUT2D eigenvalue weighted by molar-refractivity contribution is -0.150. The molecule has 1 saturated carbocycles. The summed E-state index contributed by atoms with van der Waals surface area (Å²) in [5.74, 6) is 0.391. The van der Waals surface area contributed by atoms with Crippen molar-refractivity contribution >= 4 is 23.2 Å². The van der Waals surface area contributed by atoms with Crippen LogP contribution in [0.5, 0.6) is 0 Å². The zero-order chi connectivity index (χ0) is 15.0. The predicted octanol–water partition coefficient (Wildman–Crippen LogP) is 1.72. The van der Waals surface area contributed by atoms with E-state index >= 15 is 0 Å². The average molecular weight is 307 g/mol. The molecule has 5 nitrogen and oxygen atoms in total. The molecule has 1 aromatic heterocycles. The van der Waals surface area contributed by atoms with Crippen molar-refractivity contribution in [2.45, 2.75) is 58.2 Å². The van der Waals surface area contributed by atoms with Gasteiger partial charge in [-0.15, -0.1) is 11.3 Å². The minimum absolute atomic E-state index is 0.0127. The Balaban J connectivity index is 1.80. The lowest BCUT2D eigenvalue weighted by atomic mass is 10.0. The van der Waals surface area contributed by atoms with E-state index in [-0.39, 0.29) is 23.9 Å². The van der Waals surface area contributed by atoms with Crippen molar-refractivity contribution in [3.63, 3.8) is 0 Å². The van der Waals surface area contributed by atoms with Gasteiger partial charge in [-0.1, -0.05) is 13.8 Å². The van der Waals surface area contributed by atoms with Crippen LogP contribution in [0.15, 0.2) is 6.20 Å². The second-order valence-electron chi connectivity index (χ2n) is 5.79. The molecule has 0 bridgehead atoms. The third-order valence-corrected chi connectivity index (χ3v) is 5.39. The van der Waals surface area contributed by atoms with E-state index in [1.54, 1.807) is 16.2 Å². The van der Waals surface area contributed by atoms with Gasteiger partial charge in [0.05, 0.1) is 6.54 Å². The van der Waals surface area contributed by atoms with Crippen LogP contribution in [-0.2, 0) is 22.6 Å². The molecule has 1 aliphatic heterocycles. The van der Waals surface area contributed by atoms with Crippen LogP contribution in [0.2, 0.25) is 0 Å². The fourth-order valence-electron chi connectivity index (χ4n) is 2.86. The Morgan fingerprint density at radius 1 is 1.38 bits per heavy atom. The number of rotatable bonds is 5. The fourth-order valence-corrected chi connectivity index (χ4v) is 3.72. The summed E-state index contributed by atoms with van der Waals surface area (Å²) in [6, 6.07) is -0.674. The molecule has 2 amide bonds. The molecule has 6 heteroatoms. The van der Waals surface area contributed by atoms with Gasteiger partial charge in [0, 0.05) is 11.1 Å². The topological polar surface area (TPSA) is 62.3 Å². The normalized spacial score (nSPS) is 26.1. The highest BCUT2D eigenvalue weighted by Gasteiger charge is 2.46. The molecule has 3 rings (SSSR count). The number of piperazine rings is 1. The van der Waals surface area contributed by atoms with Gasteiger partial charge in [-0.3, -0.25) is 9.59 Å². The lowest BCUT2D eigenvalue weighted by Gasteiger charge is -2.38. The highest BCUT2D eigenvalue weighted by Crippen LogP contribution is 2.35. The van der Waals surface area contributed by atoms with Gasteiger partial charge >= 0.3 is 0 Å². The number of aryl methyl sites for hydroxylation is 1. The molecular weight excluding hydrogens is 286 g/mol. The number of nitrogens with zero attached hydrogens (tertiary/aromatic N) is 2. The Kier molecular flexibility index (Phi) is 3.97. The number of carbonyl (C=O) groups excluding carboxylic acids is 2. The van der Waals surface area contributed by atoms with E-state index in [9.17, 15) is 9.59 Å². The monoisotopic (exact) mass is 307 g/mol. The minimum Gasteiger partial charge on any atom is -0.342 e. The molecule has 2 heterocycles. The number of aromatic nitrogens is 1. The molecule has 2 atom stereocenters. The molecule has 2 unspecified atom stereocenters. The SMILES string of the molecule is CCc1cnc(CN2C(=O)C(C3CC3)NC(=O)C2CC)s1. The number of carbonyl (C=O) groups is 2. The molecule has 1 saturated heterocycles. The third kappa shape index (κ3) is 2.81. The second-order valence-corrected chi connectivity index (χ2v) is 6.99. The van der Waals surface area contributed by atoms with Gasteiger partial charge in [0.2, 0.25) is 11.8 Å². The van der Waals surface area contributed by atoms with Crippen LogP contribution in [0.1, 0.15) is 43.0 Å². The molecular formula is C15H21N3O2S. The van der Waals surface area contributed by atoms with E-state index < -0.39 is 0 Å². The molecule has 1 aliphatic carbocycles. The number of thiazole rings is 1. The number of hydrogen-bond donors (Lipinski definition) is 1. The Morgan fingerprint density at radius 2 is 2.14 bits per heavy atom. The Hall–Kier alpha value is -1.43. The molecule has 2 fully saturated rings. The van der Waals surface area contributed by atoms with E-state index in [2.05, 4.69) is 17.2 Å². The maximum absolute atomic E-state index is 12.7. The Bertz CT molecular complexity index is 553. The maximum Gasteiger partial charge on any atom is 0.246 e. The van der Waals surface area contributed by atoms with Crippen molar-refractivity contribution in [3.05, 3.63) is 16.1 Å². The Labute approximate surface area is 128 Å². The summed E-state index contributed by atoms with van der Waals surface area (Å²) in [6.07, 6.45) is 5.54. The van der Waals surface area contributed by atoms with Gasteiger partial charge in [-0.25, -0.2) is 4.98 Å². The average Bonchev–Trinajstić information content (AvgIpc) is 3.22. The van der Waals surface area contributed by atoms with Crippen molar-refractivity contribution < 1.29 is 9.59 Å². The van der Waals surface area contributed by atoms with E-state index in [0.717, 1.165) is 24.3 Å². The first kappa shape index (κ1) is 14.5.